The smallest absolute Gasteiger partial charge is 0.303 e. The predicted molar refractivity (Wildman–Crippen MR) is 67.6 cm³/mol. The Morgan fingerprint density at radius 3 is 2.25 bits per heavy atom. The lowest BCUT2D eigenvalue weighted by Gasteiger charge is -2.08. The first-order valence-electron chi connectivity index (χ1n) is 5.98. The number of hydrogen-bond donors (Lipinski definition) is 2. The van der Waals surface area contributed by atoms with Gasteiger partial charge >= 0.3 is 5.97 Å². The highest BCUT2D eigenvalue weighted by molar-refractivity contribution is 5.90. The number of methoxy groups -OCH3 is 1. The molecule has 0 aromatic heterocycles. The van der Waals surface area contributed by atoms with Gasteiger partial charge in [-0.1, -0.05) is 0 Å². The third-order valence-electron chi connectivity index (χ3n) is 2.53. The van der Waals surface area contributed by atoms with E-state index >= 15 is 0 Å². The zero-order valence-corrected chi connectivity index (χ0v) is 10.9. The van der Waals surface area contributed by atoms with Crippen LogP contribution in [0.3, 0.4) is 0 Å². The van der Waals surface area contributed by atoms with Crippen molar-refractivity contribution < 1.29 is 28.2 Å². The Hall–Kier alpha value is -2.18. The Labute approximate surface area is 114 Å². The average Bonchev–Trinajstić information content (AvgIpc) is 2.34. The van der Waals surface area contributed by atoms with Gasteiger partial charge in [0.05, 0.1) is 7.11 Å². The molecule has 1 aromatic rings. The van der Waals surface area contributed by atoms with Crippen LogP contribution in [0.4, 0.5) is 14.5 Å². The van der Waals surface area contributed by atoms with E-state index in [1.165, 1.54) is 0 Å². The largest absolute Gasteiger partial charge is 0.491 e. The second kappa shape index (κ2) is 7.42. The first-order chi connectivity index (χ1) is 9.43. The third-order valence-corrected chi connectivity index (χ3v) is 2.53. The number of carbonyl (C=O) groups excluding carboxylic acids is 1. The van der Waals surface area contributed by atoms with Crippen molar-refractivity contribution in [1.29, 1.82) is 0 Å². The molecule has 0 bridgehead atoms. The molecule has 0 atom stereocenters. The molecular weight excluding hydrogens is 272 g/mol. The normalized spacial score (nSPS) is 10.2. The van der Waals surface area contributed by atoms with E-state index in [0.29, 0.717) is 12.8 Å². The molecule has 0 radical (unpaired) electrons. The van der Waals surface area contributed by atoms with Gasteiger partial charge in [0.2, 0.25) is 5.91 Å². The number of aliphatic carboxylic acids is 1. The summed E-state index contributed by atoms with van der Waals surface area (Å²) in [5.74, 6) is -3.68. The zero-order chi connectivity index (χ0) is 15.1. The number of ether oxygens (including phenoxy) is 1. The fourth-order valence-corrected chi connectivity index (χ4v) is 1.61. The van der Waals surface area contributed by atoms with Gasteiger partial charge in [0, 0.05) is 30.7 Å². The van der Waals surface area contributed by atoms with Gasteiger partial charge < -0.3 is 15.2 Å². The van der Waals surface area contributed by atoms with Crippen molar-refractivity contribution in [3.63, 3.8) is 0 Å². The summed E-state index contributed by atoms with van der Waals surface area (Å²) in [5, 5.41) is 10.8. The number of anilines is 1. The van der Waals surface area contributed by atoms with Crippen molar-refractivity contribution in [2.24, 2.45) is 0 Å². The molecule has 0 spiro atoms. The zero-order valence-electron chi connectivity index (χ0n) is 10.9. The van der Waals surface area contributed by atoms with Crippen LogP contribution in [0, 0.1) is 11.6 Å². The predicted octanol–water partition coefficient (Wildman–Crippen LogP) is 2.56. The molecule has 0 aliphatic heterocycles. The fraction of sp³-hybridized carbons (Fsp3) is 0.385. The highest BCUT2D eigenvalue weighted by Gasteiger charge is 2.12. The van der Waals surface area contributed by atoms with E-state index in [1.54, 1.807) is 0 Å². The Kier molecular flexibility index (Phi) is 5.89. The molecule has 20 heavy (non-hydrogen) atoms. The Balaban J connectivity index is 2.52. The van der Waals surface area contributed by atoms with Crippen LogP contribution >= 0.6 is 0 Å². The molecule has 2 N–H and O–H groups in total. The minimum absolute atomic E-state index is 0.0102. The van der Waals surface area contributed by atoms with Crippen molar-refractivity contribution in [2.45, 2.75) is 25.7 Å². The summed E-state index contributed by atoms with van der Waals surface area (Å²) in [6.45, 7) is 0. The van der Waals surface area contributed by atoms with Gasteiger partial charge in [-0.15, -0.1) is 0 Å². The molecule has 5 nitrogen and oxygen atoms in total. The number of rotatable bonds is 7. The summed E-state index contributed by atoms with van der Waals surface area (Å²) in [4.78, 5) is 21.8. The van der Waals surface area contributed by atoms with Crippen molar-refractivity contribution in [1.82, 2.24) is 0 Å². The standard InChI is InChI=1S/C13H15F2NO4/c1-20-13-9(14)6-8(7-10(13)15)16-11(17)4-2-3-5-12(18)19/h6-7H,2-5H2,1H3,(H,16,17)(H,18,19). The quantitative estimate of drug-likeness (QED) is 0.756. The Morgan fingerprint density at radius 1 is 1.20 bits per heavy atom. The number of hydrogen-bond acceptors (Lipinski definition) is 3. The first-order valence-corrected chi connectivity index (χ1v) is 5.98. The van der Waals surface area contributed by atoms with E-state index in [9.17, 15) is 18.4 Å². The van der Waals surface area contributed by atoms with Gasteiger partial charge in [-0.2, -0.15) is 0 Å². The van der Waals surface area contributed by atoms with Crippen LogP contribution in [0.15, 0.2) is 12.1 Å². The molecule has 0 aliphatic rings. The molecule has 0 saturated carbocycles. The van der Waals surface area contributed by atoms with Crippen molar-refractivity contribution in [3.8, 4) is 5.75 Å². The molecule has 0 fully saturated rings. The SMILES string of the molecule is COc1c(F)cc(NC(=O)CCCCC(=O)O)cc1F. The number of unbranched alkanes of at least 4 members (excludes halogenated alkanes) is 1. The highest BCUT2D eigenvalue weighted by Crippen LogP contribution is 2.25. The Morgan fingerprint density at radius 2 is 1.75 bits per heavy atom. The Bertz CT molecular complexity index is 482. The lowest BCUT2D eigenvalue weighted by molar-refractivity contribution is -0.137. The van der Waals surface area contributed by atoms with Gasteiger partial charge in [-0.25, -0.2) is 8.78 Å². The summed E-state index contributed by atoms with van der Waals surface area (Å²) >= 11 is 0. The van der Waals surface area contributed by atoms with Gasteiger partial charge in [-0.05, 0) is 12.8 Å². The molecule has 1 amide bonds. The number of benzene rings is 1. The maximum Gasteiger partial charge on any atom is 0.303 e. The van der Waals surface area contributed by atoms with Crippen molar-refractivity contribution >= 4 is 17.6 Å². The van der Waals surface area contributed by atoms with Crippen LogP contribution in [0.25, 0.3) is 0 Å². The number of nitrogens with one attached hydrogen (secondary N) is 1. The van der Waals surface area contributed by atoms with Crippen LogP contribution in [0.2, 0.25) is 0 Å². The van der Waals surface area contributed by atoms with E-state index in [2.05, 4.69) is 10.1 Å². The molecule has 0 heterocycles. The third kappa shape index (κ3) is 4.83. The number of amides is 1. The van der Waals surface area contributed by atoms with Gasteiger partial charge in [-0.3, -0.25) is 9.59 Å². The summed E-state index contributed by atoms with van der Waals surface area (Å²) < 4.78 is 31.3. The number of halogens is 2. The molecule has 0 unspecified atom stereocenters. The molecule has 1 aromatic carbocycles. The van der Waals surface area contributed by atoms with Crippen molar-refractivity contribution in [3.05, 3.63) is 23.8 Å². The molecule has 0 saturated heterocycles. The monoisotopic (exact) mass is 287 g/mol. The van der Waals surface area contributed by atoms with Crippen LogP contribution in [-0.2, 0) is 9.59 Å². The number of carboxylic acids is 1. The highest BCUT2D eigenvalue weighted by atomic mass is 19.1. The molecular formula is C13H15F2NO4. The van der Waals surface area contributed by atoms with E-state index in [0.717, 1.165) is 19.2 Å². The van der Waals surface area contributed by atoms with Crippen LogP contribution < -0.4 is 10.1 Å². The van der Waals surface area contributed by atoms with E-state index < -0.39 is 29.3 Å². The molecule has 0 aliphatic carbocycles. The summed E-state index contributed by atoms with van der Waals surface area (Å²) in [7, 11) is 1.14. The number of carboxylic acid groups (broad SMARTS) is 1. The van der Waals surface area contributed by atoms with E-state index in [-0.39, 0.29) is 18.5 Å². The maximum atomic E-state index is 13.4. The van der Waals surface area contributed by atoms with Crippen LogP contribution in [0.1, 0.15) is 25.7 Å². The maximum absolute atomic E-state index is 13.4. The van der Waals surface area contributed by atoms with Gasteiger partial charge in [0.25, 0.3) is 0 Å². The van der Waals surface area contributed by atoms with E-state index in [4.69, 9.17) is 5.11 Å². The minimum Gasteiger partial charge on any atom is -0.491 e. The van der Waals surface area contributed by atoms with Crippen LogP contribution in [0.5, 0.6) is 5.75 Å². The van der Waals surface area contributed by atoms with Gasteiger partial charge in [0.15, 0.2) is 17.4 Å². The lowest BCUT2D eigenvalue weighted by atomic mass is 10.2. The average molecular weight is 287 g/mol. The molecule has 7 heteroatoms. The molecule has 110 valence electrons. The van der Waals surface area contributed by atoms with Crippen LogP contribution in [-0.4, -0.2) is 24.1 Å². The summed E-state index contributed by atoms with van der Waals surface area (Å²) in [5.41, 5.74) is -0.0102. The lowest BCUT2D eigenvalue weighted by Crippen LogP contribution is -2.12. The van der Waals surface area contributed by atoms with Gasteiger partial charge in [0.1, 0.15) is 0 Å². The van der Waals surface area contributed by atoms with Crippen molar-refractivity contribution in [2.75, 3.05) is 12.4 Å². The second-order valence-corrected chi connectivity index (χ2v) is 4.12. The first kappa shape index (κ1) is 15.9. The van der Waals surface area contributed by atoms with E-state index in [1.807, 2.05) is 0 Å². The summed E-state index contributed by atoms with van der Waals surface area (Å²) in [6, 6.07) is 1.91. The second-order valence-electron chi connectivity index (χ2n) is 4.12. The topological polar surface area (TPSA) is 75.6 Å². The summed E-state index contributed by atoms with van der Waals surface area (Å²) in [6.07, 6.45) is 0.828. The minimum atomic E-state index is -0.926. The fourth-order valence-electron chi connectivity index (χ4n) is 1.61. The molecule has 1 rings (SSSR count). The number of carbonyl (C=O) groups is 2.